The van der Waals surface area contributed by atoms with Crippen LogP contribution in [0.4, 0.5) is 0 Å². The maximum absolute atomic E-state index is 11.5. The summed E-state index contributed by atoms with van der Waals surface area (Å²) < 4.78 is 23.1. The molecule has 4 heteroatoms. The molecule has 0 saturated carbocycles. The van der Waals surface area contributed by atoms with Gasteiger partial charge in [0.1, 0.15) is 0 Å². The SMILES string of the molecule is Cc1ccc(C2CS(=O)(=O)CCN2)cc1C. The maximum Gasteiger partial charge on any atom is 0.153 e. The summed E-state index contributed by atoms with van der Waals surface area (Å²) in [6.07, 6.45) is 0. The molecule has 0 bridgehead atoms. The van der Waals surface area contributed by atoms with Gasteiger partial charge in [0.2, 0.25) is 0 Å². The molecule has 1 unspecified atom stereocenters. The van der Waals surface area contributed by atoms with Crippen molar-refractivity contribution in [1.29, 1.82) is 0 Å². The fourth-order valence-corrected chi connectivity index (χ4v) is 3.39. The molecule has 0 spiro atoms. The Kier molecular flexibility index (Phi) is 3.04. The number of aryl methyl sites for hydroxylation is 2. The Bertz CT molecular complexity index is 494. The summed E-state index contributed by atoms with van der Waals surface area (Å²) in [5.41, 5.74) is 3.52. The molecule has 3 nitrogen and oxygen atoms in total. The zero-order valence-corrected chi connectivity index (χ0v) is 10.5. The summed E-state index contributed by atoms with van der Waals surface area (Å²) >= 11 is 0. The van der Waals surface area contributed by atoms with Crippen LogP contribution in [0, 0.1) is 13.8 Å². The van der Waals surface area contributed by atoms with Gasteiger partial charge in [0, 0.05) is 12.6 Å². The lowest BCUT2D eigenvalue weighted by Gasteiger charge is -2.24. The van der Waals surface area contributed by atoms with Gasteiger partial charge in [-0.2, -0.15) is 0 Å². The van der Waals surface area contributed by atoms with Crippen molar-refractivity contribution in [2.45, 2.75) is 19.9 Å². The third-order valence-corrected chi connectivity index (χ3v) is 4.83. The monoisotopic (exact) mass is 239 g/mol. The molecule has 1 aromatic carbocycles. The third-order valence-electron chi connectivity index (χ3n) is 3.16. The standard InChI is InChI=1S/C12H17NO2S/c1-9-3-4-11(7-10(9)2)12-8-16(14,15)6-5-13-12/h3-4,7,12-13H,5-6,8H2,1-2H3. The van der Waals surface area contributed by atoms with Crippen molar-refractivity contribution in [3.05, 3.63) is 34.9 Å². The average Bonchev–Trinajstić information content (AvgIpc) is 2.20. The third kappa shape index (κ3) is 2.44. The summed E-state index contributed by atoms with van der Waals surface area (Å²) in [7, 11) is -2.87. The lowest BCUT2D eigenvalue weighted by atomic mass is 10.0. The van der Waals surface area contributed by atoms with E-state index in [1.807, 2.05) is 12.1 Å². The Balaban J connectivity index is 2.27. The van der Waals surface area contributed by atoms with Crippen LogP contribution >= 0.6 is 0 Å². The largest absolute Gasteiger partial charge is 0.308 e. The highest BCUT2D eigenvalue weighted by molar-refractivity contribution is 7.91. The van der Waals surface area contributed by atoms with E-state index in [4.69, 9.17) is 0 Å². The van der Waals surface area contributed by atoms with E-state index in [1.165, 1.54) is 11.1 Å². The smallest absolute Gasteiger partial charge is 0.153 e. The molecular formula is C12H17NO2S. The Morgan fingerprint density at radius 1 is 1.25 bits per heavy atom. The van der Waals surface area contributed by atoms with Gasteiger partial charge in [0.15, 0.2) is 9.84 Å². The summed E-state index contributed by atoms with van der Waals surface area (Å²) in [5, 5.41) is 3.26. The van der Waals surface area contributed by atoms with E-state index >= 15 is 0 Å². The van der Waals surface area contributed by atoms with Crippen molar-refractivity contribution in [1.82, 2.24) is 5.32 Å². The molecule has 0 amide bonds. The molecule has 88 valence electrons. The first-order chi connectivity index (χ1) is 7.48. The van der Waals surface area contributed by atoms with Crippen LogP contribution in [-0.2, 0) is 9.84 Å². The second-order valence-corrected chi connectivity index (χ2v) is 6.69. The highest BCUT2D eigenvalue weighted by Crippen LogP contribution is 2.21. The first kappa shape index (κ1) is 11.6. The molecule has 1 aliphatic heterocycles. The Morgan fingerprint density at radius 2 is 2.00 bits per heavy atom. The number of hydrogen-bond acceptors (Lipinski definition) is 3. The topological polar surface area (TPSA) is 46.2 Å². The second kappa shape index (κ2) is 4.18. The lowest BCUT2D eigenvalue weighted by molar-refractivity contribution is 0.530. The van der Waals surface area contributed by atoms with Crippen LogP contribution in [0.5, 0.6) is 0 Å². The minimum atomic E-state index is -2.87. The number of rotatable bonds is 1. The van der Waals surface area contributed by atoms with Crippen molar-refractivity contribution in [2.75, 3.05) is 18.1 Å². The van der Waals surface area contributed by atoms with Gasteiger partial charge in [-0.3, -0.25) is 0 Å². The Labute approximate surface area is 96.8 Å². The van der Waals surface area contributed by atoms with E-state index < -0.39 is 9.84 Å². The van der Waals surface area contributed by atoms with Crippen LogP contribution in [0.2, 0.25) is 0 Å². The fourth-order valence-electron chi connectivity index (χ4n) is 1.98. The molecule has 1 aliphatic rings. The number of benzene rings is 1. The molecule has 2 rings (SSSR count). The first-order valence-electron chi connectivity index (χ1n) is 5.49. The Morgan fingerprint density at radius 3 is 2.62 bits per heavy atom. The maximum atomic E-state index is 11.5. The van der Waals surface area contributed by atoms with Crippen LogP contribution in [0.1, 0.15) is 22.7 Å². The van der Waals surface area contributed by atoms with E-state index in [-0.39, 0.29) is 17.5 Å². The predicted molar refractivity (Wildman–Crippen MR) is 65.3 cm³/mol. The molecule has 1 atom stereocenters. The van der Waals surface area contributed by atoms with Gasteiger partial charge in [-0.15, -0.1) is 0 Å². The summed E-state index contributed by atoms with van der Waals surface area (Å²) in [6, 6.07) is 6.10. The zero-order valence-electron chi connectivity index (χ0n) is 9.66. The van der Waals surface area contributed by atoms with Crippen molar-refractivity contribution < 1.29 is 8.42 Å². The van der Waals surface area contributed by atoms with Crippen LogP contribution in [0.15, 0.2) is 18.2 Å². The molecule has 0 radical (unpaired) electrons. The van der Waals surface area contributed by atoms with Crippen LogP contribution in [-0.4, -0.2) is 26.5 Å². The molecular weight excluding hydrogens is 222 g/mol. The molecule has 0 aromatic heterocycles. The van der Waals surface area contributed by atoms with Gasteiger partial charge >= 0.3 is 0 Å². The summed E-state index contributed by atoms with van der Waals surface area (Å²) in [4.78, 5) is 0. The van der Waals surface area contributed by atoms with Gasteiger partial charge < -0.3 is 5.32 Å². The van der Waals surface area contributed by atoms with Crippen LogP contribution in [0.25, 0.3) is 0 Å². The molecule has 1 saturated heterocycles. The molecule has 0 aliphatic carbocycles. The number of nitrogens with one attached hydrogen (secondary N) is 1. The molecule has 1 N–H and O–H groups in total. The fraction of sp³-hybridized carbons (Fsp3) is 0.500. The van der Waals surface area contributed by atoms with Gasteiger partial charge in [0.25, 0.3) is 0 Å². The van der Waals surface area contributed by atoms with Crippen LogP contribution < -0.4 is 5.32 Å². The minimum absolute atomic E-state index is 0.0435. The molecule has 16 heavy (non-hydrogen) atoms. The Hall–Kier alpha value is -0.870. The number of sulfone groups is 1. The second-order valence-electron chi connectivity index (χ2n) is 4.46. The normalized spacial score (nSPS) is 24.2. The average molecular weight is 239 g/mol. The van der Waals surface area contributed by atoms with Gasteiger partial charge in [0.05, 0.1) is 11.5 Å². The van der Waals surface area contributed by atoms with E-state index in [1.54, 1.807) is 0 Å². The van der Waals surface area contributed by atoms with Crippen molar-refractivity contribution >= 4 is 9.84 Å². The van der Waals surface area contributed by atoms with E-state index in [9.17, 15) is 8.42 Å². The summed E-state index contributed by atoms with van der Waals surface area (Å²) in [5.74, 6) is 0.476. The van der Waals surface area contributed by atoms with E-state index in [2.05, 4.69) is 25.2 Å². The molecule has 1 fully saturated rings. The van der Waals surface area contributed by atoms with Crippen molar-refractivity contribution in [3.8, 4) is 0 Å². The number of hydrogen-bond donors (Lipinski definition) is 1. The highest BCUT2D eigenvalue weighted by Gasteiger charge is 2.25. The van der Waals surface area contributed by atoms with Crippen LogP contribution in [0.3, 0.4) is 0 Å². The minimum Gasteiger partial charge on any atom is -0.308 e. The van der Waals surface area contributed by atoms with E-state index in [0.29, 0.717) is 6.54 Å². The van der Waals surface area contributed by atoms with Crippen molar-refractivity contribution in [3.63, 3.8) is 0 Å². The first-order valence-corrected chi connectivity index (χ1v) is 7.31. The quantitative estimate of drug-likeness (QED) is 0.805. The molecule has 1 heterocycles. The predicted octanol–water partition coefficient (Wildman–Crippen LogP) is 1.36. The van der Waals surface area contributed by atoms with Gasteiger partial charge in [-0.25, -0.2) is 8.42 Å². The van der Waals surface area contributed by atoms with E-state index in [0.717, 1.165) is 5.56 Å². The van der Waals surface area contributed by atoms with Gasteiger partial charge in [-0.1, -0.05) is 18.2 Å². The lowest BCUT2D eigenvalue weighted by Crippen LogP contribution is -2.39. The van der Waals surface area contributed by atoms with Gasteiger partial charge in [-0.05, 0) is 30.5 Å². The summed E-state index contributed by atoms with van der Waals surface area (Å²) in [6.45, 7) is 4.67. The zero-order chi connectivity index (χ0) is 11.8. The molecule has 1 aromatic rings. The highest BCUT2D eigenvalue weighted by atomic mass is 32.2. The van der Waals surface area contributed by atoms with Crippen molar-refractivity contribution in [2.24, 2.45) is 0 Å².